The normalized spacial score (nSPS) is 17.2. The van der Waals surface area contributed by atoms with Crippen molar-refractivity contribution in [3.63, 3.8) is 0 Å². The van der Waals surface area contributed by atoms with Gasteiger partial charge >= 0.3 is 0 Å². The van der Waals surface area contributed by atoms with E-state index in [4.69, 9.17) is 4.74 Å². The maximum Gasteiger partial charge on any atom is 0.130 e. The number of hydrogen-bond donors (Lipinski definition) is 0. The number of rotatable bonds is 10. The maximum absolute atomic E-state index is 6.50. The summed E-state index contributed by atoms with van der Waals surface area (Å²) in [6.07, 6.45) is 22.7. The molecule has 0 aromatic heterocycles. The predicted octanol–water partition coefficient (Wildman–Crippen LogP) is 14.8. The molecule has 0 heterocycles. The van der Waals surface area contributed by atoms with Gasteiger partial charge in [0, 0.05) is 34.5 Å². The van der Waals surface area contributed by atoms with Crippen molar-refractivity contribution in [1.82, 2.24) is 0 Å². The molecule has 0 aliphatic heterocycles. The van der Waals surface area contributed by atoms with Crippen LogP contribution in [-0.2, 0) is 0 Å². The Morgan fingerprint density at radius 2 is 1.22 bits per heavy atom. The Kier molecular flexibility index (Phi) is 10.9. The zero-order chi connectivity index (χ0) is 40.2. The summed E-state index contributed by atoms with van der Waals surface area (Å²) in [5.41, 5.74) is 17.2. The molecule has 0 fully saturated rings. The molecule has 4 aliphatic carbocycles. The summed E-state index contributed by atoms with van der Waals surface area (Å²) in [6, 6.07) is 44.6. The molecule has 2 heteroatoms. The fourth-order valence-electron chi connectivity index (χ4n) is 8.49. The van der Waals surface area contributed by atoms with Crippen LogP contribution >= 0.6 is 0 Å². The van der Waals surface area contributed by atoms with E-state index in [2.05, 4.69) is 196 Å². The number of allylic oxidation sites excluding steroid dienone is 15. The van der Waals surface area contributed by atoms with Crippen LogP contribution in [0.5, 0.6) is 5.75 Å². The van der Waals surface area contributed by atoms with Gasteiger partial charge < -0.3 is 9.64 Å². The topological polar surface area (TPSA) is 12.5 Å². The minimum atomic E-state index is 0.281. The van der Waals surface area contributed by atoms with E-state index in [1.165, 1.54) is 27.9 Å². The summed E-state index contributed by atoms with van der Waals surface area (Å²) in [5.74, 6) is 2.03. The van der Waals surface area contributed by atoms with Crippen molar-refractivity contribution in [2.75, 3.05) is 4.90 Å². The third-order valence-electron chi connectivity index (χ3n) is 11.3. The molecule has 58 heavy (non-hydrogen) atoms. The van der Waals surface area contributed by atoms with E-state index in [9.17, 15) is 0 Å². The van der Waals surface area contributed by atoms with Gasteiger partial charge in [-0.1, -0.05) is 179 Å². The van der Waals surface area contributed by atoms with Crippen molar-refractivity contribution >= 4 is 28.4 Å². The van der Waals surface area contributed by atoms with Gasteiger partial charge in [0.25, 0.3) is 0 Å². The third kappa shape index (κ3) is 7.26. The average Bonchev–Trinajstić information content (AvgIpc) is 3.29. The standard InChI is InChI=1S/C54H43NO.C2H6/c1-5-51(41-19-10-7-11-20-41)55(37(3)39-17-8-6-9-18-39)48-30-28-40(29-31-48)46-32-45(38(4)56-52-25-13-12-16-36(52)2)33-47(34-46)50-35-44-23-14-21-42-26-27-43-22-15-24-49(50)54(43)53(42)44;1-2/h5-35,53-54H,3-4H2,1-2H3;1-2H3/b51-5+;. The van der Waals surface area contributed by atoms with Crippen LogP contribution in [-0.4, -0.2) is 0 Å². The summed E-state index contributed by atoms with van der Waals surface area (Å²) in [7, 11) is 0. The highest BCUT2D eigenvalue weighted by atomic mass is 16.5. The molecule has 0 saturated carbocycles. The SMILES string of the molecule is C=C(Oc1ccccc1C)c1cc(C2=CC3=CC=CC4=CC=C5C=CC=C2C5C43)cc(-c2ccc(N(C(=C)c3ccccc3)/C(=C/C)c3ccccc3)cc2)c1.CC. The van der Waals surface area contributed by atoms with Crippen LogP contribution in [0.2, 0.25) is 0 Å². The van der Waals surface area contributed by atoms with Crippen LogP contribution in [0, 0.1) is 18.8 Å². The Balaban J connectivity index is 0.00000231. The smallest absolute Gasteiger partial charge is 0.130 e. The quantitative estimate of drug-likeness (QED) is 0.132. The summed E-state index contributed by atoms with van der Waals surface area (Å²) < 4.78 is 6.50. The molecule has 2 unspecified atom stereocenters. The first-order valence-corrected chi connectivity index (χ1v) is 20.3. The first-order valence-electron chi connectivity index (χ1n) is 20.3. The zero-order valence-electron chi connectivity index (χ0n) is 33.8. The fourth-order valence-corrected chi connectivity index (χ4v) is 8.49. The molecule has 0 radical (unpaired) electrons. The van der Waals surface area contributed by atoms with E-state index in [-0.39, 0.29) is 5.92 Å². The van der Waals surface area contributed by atoms with E-state index in [1.807, 2.05) is 38.1 Å². The molecule has 0 saturated heterocycles. The molecule has 0 amide bonds. The second-order valence-corrected chi connectivity index (χ2v) is 14.7. The highest BCUT2D eigenvalue weighted by Crippen LogP contribution is 2.53. The lowest BCUT2D eigenvalue weighted by molar-refractivity contribution is 0.512. The van der Waals surface area contributed by atoms with Gasteiger partial charge in [0.15, 0.2) is 0 Å². The lowest BCUT2D eigenvalue weighted by atomic mass is 9.62. The van der Waals surface area contributed by atoms with Crippen LogP contribution in [0.4, 0.5) is 5.69 Å². The van der Waals surface area contributed by atoms with Gasteiger partial charge in [-0.3, -0.25) is 0 Å². The highest BCUT2D eigenvalue weighted by molar-refractivity contribution is 5.95. The van der Waals surface area contributed by atoms with Crippen LogP contribution in [0.25, 0.3) is 33.9 Å². The van der Waals surface area contributed by atoms with E-state index in [1.54, 1.807) is 0 Å². The Labute approximate surface area is 344 Å². The second-order valence-electron chi connectivity index (χ2n) is 14.7. The van der Waals surface area contributed by atoms with Crippen LogP contribution in [0.1, 0.15) is 48.6 Å². The molecule has 284 valence electrons. The van der Waals surface area contributed by atoms with E-state index in [0.717, 1.165) is 61.8 Å². The lowest BCUT2D eigenvalue weighted by Gasteiger charge is -2.41. The van der Waals surface area contributed by atoms with Crippen molar-refractivity contribution in [3.05, 3.63) is 251 Å². The van der Waals surface area contributed by atoms with E-state index >= 15 is 0 Å². The molecule has 5 aromatic rings. The number of ether oxygens (including phenoxy) is 1. The van der Waals surface area contributed by atoms with Crippen molar-refractivity contribution in [2.45, 2.75) is 27.7 Å². The Hall–Kier alpha value is -6.90. The van der Waals surface area contributed by atoms with Crippen molar-refractivity contribution in [1.29, 1.82) is 0 Å². The van der Waals surface area contributed by atoms with Gasteiger partial charge in [-0.05, 0) is 111 Å². The minimum Gasteiger partial charge on any atom is -0.457 e. The maximum atomic E-state index is 6.50. The number of benzene rings is 5. The van der Waals surface area contributed by atoms with E-state index in [0.29, 0.717) is 11.7 Å². The van der Waals surface area contributed by atoms with Gasteiger partial charge in [-0.15, -0.1) is 0 Å². The van der Waals surface area contributed by atoms with E-state index < -0.39 is 0 Å². The van der Waals surface area contributed by atoms with Gasteiger partial charge in [-0.2, -0.15) is 0 Å². The second kappa shape index (κ2) is 16.7. The van der Waals surface area contributed by atoms with Gasteiger partial charge in [0.2, 0.25) is 0 Å². The van der Waals surface area contributed by atoms with Crippen LogP contribution in [0.3, 0.4) is 0 Å². The van der Waals surface area contributed by atoms with Gasteiger partial charge in [0.05, 0.1) is 0 Å². The summed E-state index contributed by atoms with van der Waals surface area (Å²) in [4.78, 5) is 2.25. The minimum absolute atomic E-state index is 0.281. The summed E-state index contributed by atoms with van der Waals surface area (Å²) >= 11 is 0. The number of para-hydroxylation sites is 1. The Morgan fingerprint density at radius 1 is 0.603 bits per heavy atom. The molecule has 0 bridgehead atoms. The highest BCUT2D eigenvalue weighted by Gasteiger charge is 2.39. The fraction of sp³-hybridized carbons (Fsp3) is 0.107. The lowest BCUT2D eigenvalue weighted by Crippen LogP contribution is -2.29. The van der Waals surface area contributed by atoms with Gasteiger partial charge in [0.1, 0.15) is 11.5 Å². The number of anilines is 1. The monoisotopic (exact) mass is 751 g/mol. The molecule has 2 atom stereocenters. The van der Waals surface area contributed by atoms with Crippen LogP contribution < -0.4 is 9.64 Å². The molecule has 2 nitrogen and oxygen atoms in total. The van der Waals surface area contributed by atoms with Crippen molar-refractivity contribution in [2.24, 2.45) is 11.8 Å². The molecule has 9 rings (SSSR count). The number of hydrogen-bond acceptors (Lipinski definition) is 2. The molecular formula is C56H49NO. The summed E-state index contributed by atoms with van der Waals surface area (Å²) in [6.45, 7) is 17.2. The summed E-state index contributed by atoms with van der Waals surface area (Å²) in [5, 5.41) is 0. The molecular weight excluding hydrogens is 703 g/mol. The Bertz CT molecular complexity index is 2640. The molecule has 4 aliphatic rings. The number of aryl methyl sites for hydroxylation is 1. The number of nitrogens with zero attached hydrogens (tertiary/aromatic N) is 1. The molecule has 0 N–H and O–H groups in total. The van der Waals surface area contributed by atoms with Crippen molar-refractivity contribution in [3.8, 4) is 16.9 Å². The Morgan fingerprint density at radius 3 is 1.91 bits per heavy atom. The van der Waals surface area contributed by atoms with Crippen LogP contribution in [0.15, 0.2) is 224 Å². The van der Waals surface area contributed by atoms with Gasteiger partial charge in [-0.25, -0.2) is 0 Å². The average molecular weight is 752 g/mol. The van der Waals surface area contributed by atoms with Crippen molar-refractivity contribution < 1.29 is 4.74 Å². The zero-order valence-corrected chi connectivity index (χ0v) is 33.8. The molecule has 0 spiro atoms. The largest absolute Gasteiger partial charge is 0.457 e. The first-order chi connectivity index (χ1) is 28.5. The third-order valence-corrected chi connectivity index (χ3v) is 11.3. The molecule has 5 aromatic carbocycles. The predicted molar refractivity (Wildman–Crippen MR) is 248 cm³/mol. The first kappa shape index (κ1) is 38.0.